The lowest BCUT2D eigenvalue weighted by atomic mass is 10.0. The largest absolute Gasteiger partial charge is 0.382 e. The van der Waals surface area contributed by atoms with Crippen LogP contribution in [0.5, 0.6) is 0 Å². The van der Waals surface area contributed by atoms with Crippen molar-refractivity contribution in [2.24, 2.45) is 5.84 Å². The van der Waals surface area contributed by atoms with E-state index in [9.17, 15) is 0 Å². The van der Waals surface area contributed by atoms with Crippen molar-refractivity contribution in [3.05, 3.63) is 29.6 Å². The molecule has 1 unspecified atom stereocenters. The van der Waals surface area contributed by atoms with Crippen molar-refractivity contribution in [1.29, 1.82) is 0 Å². The highest BCUT2D eigenvalue weighted by atomic mass is 16.5. The van der Waals surface area contributed by atoms with Crippen LogP contribution in [-0.2, 0) is 4.74 Å². The van der Waals surface area contributed by atoms with E-state index in [0.29, 0.717) is 0 Å². The molecule has 0 bridgehead atoms. The van der Waals surface area contributed by atoms with E-state index in [-0.39, 0.29) is 6.04 Å². The van der Waals surface area contributed by atoms with Crippen LogP contribution in [-0.4, -0.2) is 18.2 Å². The van der Waals surface area contributed by atoms with Crippen molar-refractivity contribution in [3.63, 3.8) is 0 Å². The summed E-state index contributed by atoms with van der Waals surface area (Å²) < 4.78 is 5.30. The van der Waals surface area contributed by atoms with E-state index in [1.54, 1.807) is 0 Å². The van der Waals surface area contributed by atoms with Gasteiger partial charge in [-0.2, -0.15) is 0 Å². The SMILES string of the molecule is CCOCCCC(NN)c1cncc(C)c1. The second-order valence-electron chi connectivity index (χ2n) is 3.85. The quantitative estimate of drug-likeness (QED) is 0.420. The second kappa shape index (κ2) is 7.33. The lowest BCUT2D eigenvalue weighted by Gasteiger charge is -2.16. The fraction of sp³-hybridized carbons (Fsp3) is 0.583. The number of aromatic nitrogens is 1. The molecule has 1 atom stereocenters. The first-order chi connectivity index (χ1) is 7.77. The zero-order valence-corrected chi connectivity index (χ0v) is 10.1. The maximum Gasteiger partial charge on any atom is 0.0476 e. The zero-order valence-electron chi connectivity index (χ0n) is 10.1. The number of rotatable bonds is 7. The van der Waals surface area contributed by atoms with Gasteiger partial charge in [0, 0.05) is 31.6 Å². The molecule has 16 heavy (non-hydrogen) atoms. The van der Waals surface area contributed by atoms with Gasteiger partial charge in [-0.05, 0) is 37.8 Å². The van der Waals surface area contributed by atoms with Crippen LogP contribution in [0.15, 0.2) is 18.5 Å². The Kier molecular flexibility index (Phi) is 6.00. The van der Waals surface area contributed by atoms with E-state index >= 15 is 0 Å². The van der Waals surface area contributed by atoms with Gasteiger partial charge in [-0.15, -0.1) is 0 Å². The van der Waals surface area contributed by atoms with Gasteiger partial charge in [0.1, 0.15) is 0 Å². The van der Waals surface area contributed by atoms with Gasteiger partial charge in [0.05, 0.1) is 0 Å². The average Bonchev–Trinajstić information content (AvgIpc) is 2.29. The van der Waals surface area contributed by atoms with Crippen LogP contribution >= 0.6 is 0 Å². The monoisotopic (exact) mass is 223 g/mol. The number of ether oxygens (including phenoxy) is 1. The molecular weight excluding hydrogens is 202 g/mol. The predicted octanol–water partition coefficient (Wildman–Crippen LogP) is 1.71. The molecule has 4 heteroatoms. The molecule has 90 valence electrons. The summed E-state index contributed by atoms with van der Waals surface area (Å²) in [6, 6.07) is 2.27. The molecule has 0 aliphatic rings. The van der Waals surface area contributed by atoms with Gasteiger partial charge in [-0.1, -0.05) is 6.07 Å². The Morgan fingerprint density at radius 1 is 1.50 bits per heavy atom. The minimum absolute atomic E-state index is 0.160. The molecule has 0 saturated carbocycles. The average molecular weight is 223 g/mol. The number of hydrogen-bond acceptors (Lipinski definition) is 4. The third-order valence-corrected chi connectivity index (χ3v) is 2.49. The minimum Gasteiger partial charge on any atom is -0.382 e. The number of hydrogen-bond donors (Lipinski definition) is 2. The van der Waals surface area contributed by atoms with Crippen molar-refractivity contribution >= 4 is 0 Å². The minimum atomic E-state index is 0.160. The highest BCUT2D eigenvalue weighted by Crippen LogP contribution is 2.17. The van der Waals surface area contributed by atoms with E-state index < -0.39 is 0 Å². The first-order valence-electron chi connectivity index (χ1n) is 5.73. The molecule has 0 saturated heterocycles. The summed E-state index contributed by atoms with van der Waals surface area (Å²) >= 11 is 0. The van der Waals surface area contributed by atoms with Crippen LogP contribution in [0.3, 0.4) is 0 Å². The Bertz CT molecular complexity index is 304. The molecule has 1 heterocycles. The Labute approximate surface area is 97.2 Å². The Morgan fingerprint density at radius 2 is 2.31 bits per heavy atom. The topological polar surface area (TPSA) is 60.2 Å². The molecule has 0 aliphatic carbocycles. The van der Waals surface area contributed by atoms with Crippen molar-refractivity contribution in [1.82, 2.24) is 10.4 Å². The van der Waals surface area contributed by atoms with Gasteiger partial charge in [0.25, 0.3) is 0 Å². The summed E-state index contributed by atoms with van der Waals surface area (Å²) in [6.45, 7) is 5.59. The van der Waals surface area contributed by atoms with Gasteiger partial charge in [-0.3, -0.25) is 16.3 Å². The maximum absolute atomic E-state index is 5.55. The van der Waals surface area contributed by atoms with Crippen LogP contribution in [0, 0.1) is 6.92 Å². The summed E-state index contributed by atoms with van der Waals surface area (Å²) in [5.41, 5.74) is 5.12. The fourth-order valence-corrected chi connectivity index (χ4v) is 1.65. The Balaban J connectivity index is 2.47. The van der Waals surface area contributed by atoms with E-state index in [1.165, 1.54) is 0 Å². The molecule has 0 amide bonds. The summed E-state index contributed by atoms with van der Waals surface area (Å²) in [5.74, 6) is 5.55. The molecule has 4 nitrogen and oxygen atoms in total. The van der Waals surface area contributed by atoms with E-state index in [2.05, 4.69) is 16.5 Å². The molecule has 3 N–H and O–H groups in total. The number of nitrogens with zero attached hydrogens (tertiary/aromatic N) is 1. The molecule has 0 radical (unpaired) electrons. The normalized spacial score (nSPS) is 12.7. The van der Waals surface area contributed by atoms with Crippen molar-refractivity contribution < 1.29 is 4.74 Å². The highest BCUT2D eigenvalue weighted by Gasteiger charge is 2.09. The maximum atomic E-state index is 5.55. The third-order valence-electron chi connectivity index (χ3n) is 2.49. The van der Waals surface area contributed by atoms with Gasteiger partial charge in [0.2, 0.25) is 0 Å². The fourth-order valence-electron chi connectivity index (χ4n) is 1.65. The lowest BCUT2D eigenvalue weighted by Crippen LogP contribution is -2.28. The zero-order chi connectivity index (χ0) is 11.8. The first-order valence-corrected chi connectivity index (χ1v) is 5.73. The summed E-state index contributed by atoms with van der Waals surface area (Å²) in [6.07, 6.45) is 5.66. The molecular formula is C12H21N3O. The van der Waals surface area contributed by atoms with Gasteiger partial charge in [0.15, 0.2) is 0 Å². The van der Waals surface area contributed by atoms with Crippen LogP contribution in [0.1, 0.15) is 36.9 Å². The lowest BCUT2D eigenvalue weighted by molar-refractivity contribution is 0.141. The smallest absolute Gasteiger partial charge is 0.0476 e. The third kappa shape index (κ3) is 4.26. The molecule has 1 aromatic heterocycles. The Hall–Kier alpha value is -0.970. The van der Waals surface area contributed by atoms with Gasteiger partial charge < -0.3 is 4.74 Å². The van der Waals surface area contributed by atoms with Crippen molar-refractivity contribution in [2.45, 2.75) is 32.7 Å². The van der Waals surface area contributed by atoms with Crippen LogP contribution in [0.4, 0.5) is 0 Å². The van der Waals surface area contributed by atoms with E-state index in [4.69, 9.17) is 10.6 Å². The standard InChI is InChI=1S/C12H21N3O/c1-3-16-6-4-5-12(15-13)11-7-10(2)8-14-9-11/h7-9,12,15H,3-6,13H2,1-2H3. The number of pyridine rings is 1. The molecule has 1 rings (SSSR count). The summed E-state index contributed by atoms with van der Waals surface area (Å²) in [4.78, 5) is 4.17. The molecule has 0 fully saturated rings. The predicted molar refractivity (Wildman–Crippen MR) is 64.8 cm³/mol. The molecule has 0 aliphatic heterocycles. The van der Waals surface area contributed by atoms with Gasteiger partial charge >= 0.3 is 0 Å². The van der Waals surface area contributed by atoms with Gasteiger partial charge in [-0.25, -0.2) is 0 Å². The van der Waals surface area contributed by atoms with E-state index in [0.717, 1.165) is 37.2 Å². The summed E-state index contributed by atoms with van der Waals surface area (Å²) in [7, 11) is 0. The van der Waals surface area contributed by atoms with Crippen LogP contribution in [0.2, 0.25) is 0 Å². The Morgan fingerprint density at radius 3 is 2.94 bits per heavy atom. The number of nitrogens with two attached hydrogens (primary N) is 1. The summed E-state index contributed by atoms with van der Waals surface area (Å²) in [5, 5.41) is 0. The molecule has 0 spiro atoms. The second-order valence-corrected chi connectivity index (χ2v) is 3.85. The first kappa shape index (κ1) is 13.1. The number of hydrazine groups is 1. The highest BCUT2D eigenvalue weighted by molar-refractivity contribution is 5.19. The molecule has 1 aromatic rings. The number of aryl methyl sites for hydroxylation is 1. The molecule has 0 aromatic carbocycles. The van der Waals surface area contributed by atoms with Crippen molar-refractivity contribution in [3.8, 4) is 0 Å². The van der Waals surface area contributed by atoms with Crippen LogP contribution < -0.4 is 11.3 Å². The van der Waals surface area contributed by atoms with Crippen LogP contribution in [0.25, 0.3) is 0 Å². The number of nitrogens with one attached hydrogen (secondary N) is 1. The van der Waals surface area contributed by atoms with Crippen molar-refractivity contribution in [2.75, 3.05) is 13.2 Å². The van der Waals surface area contributed by atoms with E-state index in [1.807, 2.05) is 26.2 Å².